The van der Waals surface area contributed by atoms with Gasteiger partial charge in [-0.1, -0.05) is 6.07 Å². The highest BCUT2D eigenvalue weighted by Gasteiger charge is 2.34. The van der Waals surface area contributed by atoms with Gasteiger partial charge in [0.05, 0.1) is 28.3 Å². The summed E-state index contributed by atoms with van der Waals surface area (Å²) in [6.45, 7) is -2.93. The third-order valence-corrected chi connectivity index (χ3v) is 7.21. The Hall–Kier alpha value is -2.07. The van der Waals surface area contributed by atoms with Crippen LogP contribution in [0.5, 0.6) is 11.5 Å². The largest absolute Gasteiger partial charge is 0.479 e. The van der Waals surface area contributed by atoms with E-state index in [4.69, 9.17) is 27.4 Å². The average molecular weight is 512 g/mol. The van der Waals surface area contributed by atoms with Crippen molar-refractivity contribution in [3.05, 3.63) is 62.8 Å². The molecular weight excluding hydrogens is 494 g/mol. The van der Waals surface area contributed by atoms with E-state index < -0.39 is 12.7 Å². The van der Waals surface area contributed by atoms with E-state index in [0.717, 1.165) is 25.5 Å². The summed E-state index contributed by atoms with van der Waals surface area (Å²) in [5.41, 5.74) is 8.92. The zero-order valence-corrected chi connectivity index (χ0v) is 19.3. The number of hydrogen-bond donors (Lipinski definition) is 1. The van der Waals surface area contributed by atoms with Gasteiger partial charge in [-0.3, -0.25) is 0 Å². The molecular formula is C21H18BrF2N2O2S2+. The third kappa shape index (κ3) is 3.71. The fourth-order valence-electron chi connectivity index (χ4n) is 3.41. The zero-order chi connectivity index (χ0) is 21.6. The predicted octanol–water partition coefficient (Wildman–Crippen LogP) is 6.07. The number of halogens is 3. The molecule has 1 aliphatic rings. The Morgan fingerprint density at radius 1 is 1.23 bits per heavy atom. The van der Waals surface area contributed by atoms with E-state index in [1.54, 1.807) is 23.5 Å². The maximum atomic E-state index is 13.0. The molecule has 30 heavy (non-hydrogen) atoms. The number of nitrogens with two attached hydrogens (primary N) is 1. The first-order valence-corrected chi connectivity index (χ1v) is 11.0. The van der Waals surface area contributed by atoms with E-state index in [2.05, 4.69) is 15.9 Å². The Kier molecular flexibility index (Phi) is 5.56. The van der Waals surface area contributed by atoms with E-state index in [1.807, 2.05) is 44.4 Å². The number of alkyl halides is 2. The summed E-state index contributed by atoms with van der Waals surface area (Å²) >= 11 is 10.3. The lowest BCUT2D eigenvalue weighted by Crippen LogP contribution is -2.50. The van der Waals surface area contributed by atoms with Gasteiger partial charge < -0.3 is 15.2 Å². The summed E-state index contributed by atoms with van der Waals surface area (Å²) in [6, 6.07) is 14.6. The summed E-state index contributed by atoms with van der Waals surface area (Å²) in [6.07, 6.45) is -0.406. The number of nitrogens with zero attached hydrogens (tertiary/aromatic N) is 1. The second-order valence-corrected chi connectivity index (χ2v) is 10.1. The van der Waals surface area contributed by atoms with Gasteiger partial charge in [0.25, 0.3) is 5.11 Å². The van der Waals surface area contributed by atoms with Crippen molar-refractivity contribution >= 4 is 50.3 Å². The molecule has 2 heterocycles. The molecule has 1 atom stereocenters. The predicted molar refractivity (Wildman–Crippen MR) is 123 cm³/mol. The second kappa shape index (κ2) is 7.88. The van der Waals surface area contributed by atoms with Gasteiger partial charge in [0.2, 0.25) is 0 Å². The van der Waals surface area contributed by atoms with Crippen LogP contribution in [0.1, 0.15) is 16.5 Å². The van der Waals surface area contributed by atoms with Gasteiger partial charge in [0.1, 0.15) is 17.2 Å². The highest BCUT2D eigenvalue weighted by atomic mass is 79.9. The SMILES string of the molecule is C[N+](C)(C(N)=S)c1ccc2c(c1)C(c1ccc(Br)s1)Oc1cccc(OC(F)F)c1-2. The summed E-state index contributed by atoms with van der Waals surface area (Å²) in [7, 11) is 3.79. The Morgan fingerprint density at radius 3 is 2.63 bits per heavy atom. The van der Waals surface area contributed by atoms with E-state index >= 15 is 0 Å². The molecule has 1 unspecified atom stereocenters. The van der Waals surface area contributed by atoms with Gasteiger partial charge in [0, 0.05) is 29.9 Å². The molecule has 4 rings (SSSR count). The lowest BCUT2D eigenvalue weighted by Gasteiger charge is -2.32. The minimum absolute atomic E-state index is 0.0744. The molecule has 9 heteroatoms. The fourth-order valence-corrected chi connectivity index (χ4v) is 4.99. The maximum absolute atomic E-state index is 13.0. The van der Waals surface area contributed by atoms with Crippen molar-refractivity contribution in [2.75, 3.05) is 14.1 Å². The molecule has 1 aromatic heterocycles. The van der Waals surface area contributed by atoms with Crippen molar-refractivity contribution in [1.82, 2.24) is 4.48 Å². The minimum Gasteiger partial charge on any atom is -0.479 e. The molecule has 0 amide bonds. The minimum atomic E-state index is -2.93. The molecule has 0 saturated carbocycles. The number of fused-ring (bicyclic) bond motifs is 3. The number of rotatable bonds is 4. The topological polar surface area (TPSA) is 44.5 Å². The fraction of sp³-hybridized carbons (Fsp3) is 0.190. The van der Waals surface area contributed by atoms with Crippen molar-refractivity contribution in [3.63, 3.8) is 0 Å². The standard InChI is InChI=1S/C21H17BrF2N2O2S2/c1-26(2,21(25)29)11-6-7-12-13(10-11)19(16-8-9-17(22)30-16)27-14-4-3-5-15(18(12)14)28-20(23)24/h3-10,19-20H,1-2H3,(H-,25,29)/p+1. The van der Waals surface area contributed by atoms with Crippen LogP contribution in [0.3, 0.4) is 0 Å². The maximum Gasteiger partial charge on any atom is 0.387 e. The molecule has 156 valence electrons. The van der Waals surface area contributed by atoms with Crippen LogP contribution in [0.25, 0.3) is 11.1 Å². The van der Waals surface area contributed by atoms with Crippen molar-refractivity contribution in [3.8, 4) is 22.6 Å². The van der Waals surface area contributed by atoms with Crippen LogP contribution >= 0.6 is 39.5 Å². The van der Waals surface area contributed by atoms with Gasteiger partial charge in [-0.2, -0.15) is 8.78 Å². The average Bonchev–Trinajstić information content (AvgIpc) is 3.12. The number of quaternary nitrogens is 1. The summed E-state index contributed by atoms with van der Waals surface area (Å²) < 4.78 is 38.3. The molecule has 0 bridgehead atoms. The van der Waals surface area contributed by atoms with Gasteiger partial charge in [-0.05, 0) is 51.8 Å². The Labute approximate surface area is 190 Å². The summed E-state index contributed by atoms with van der Waals surface area (Å²) in [5.74, 6) is 0.566. The Bertz CT molecular complexity index is 1130. The molecule has 4 nitrogen and oxygen atoms in total. The molecule has 1 aliphatic heterocycles. The first-order chi connectivity index (χ1) is 14.2. The van der Waals surface area contributed by atoms with E-state index in [1.165, 1.54) is 6.07 Å². The van der Waals surface area contributed by atoms with E-state index in [0.29, 0.717) is 16.4 Å². The lowest BCUT2D eigenvalue weighted by atomic mass is 9.90. The third-order valence-electron chi connectivity index (χ3n) is 5.08. The number of thiophene rings is 1. The van der Waals surface area contributed by atoms with Crippen LogP contribution in [0, 0.1) is 0 Å². The second-order valence-electron chi connectivity index (χ2n) is 7.21. The van der Waals surface area contributed by atoms with Gasteiger partial charge >= 0.3 is 6.61 Å². The van der Waals surface area contributed by atoms with Crippen LogP contribution in [0.2, 0.25) is 0 Å². The number of benzene rings is 2. The quantitative estimate of drug-likeness (QED) is 0.341. The molecule has 0 spiro atoms. The van der Waals surface area contributed by atoms with Crippen LogP contribution in [0.4, 0.5) is 14.5 Å². The first kappa shape index (κ1) is 21.2. The highest BCUT2D eigenvalue weighted by Crippen LogP contribution is 2.51. The van der Waals surface area contributed by atoms with Crippen molar-refractivity contribution in [2.24, 2.45) is 5.73 Å². The van der Waals surface area contributed by atoms with Crippen LogP contribution in [0.15, 0.2) is 52.3 Å². The highest BCUT2D eigenvalue weighted by molar-refractivity contribution is 9.11. The molecule has 2 aromatic carbocycles. The van der Waals surface area contributed by atoms with Crippen LogP contribution in [-0.2, 0) is 0 Å². The van der Waals surface area contributed by atoms with Gasteiger partial charge in [0.15, 0.2) is 6.10 Å². The molecule has 0 aliphatic carbocycles. The Morgan fingerprint density at radius 2 is 2.00 bits per heavy atom. The van der Waals surface area contributed by atoms with E-state index in [9.17, 15) is 8.78 Å². The van der Waals surface area contributed by atoms with Crippen molar-refractivity contribution in [1.29, 1.82) is 0 Å². The van der Waals surface area contributed by atoms with Crippen LogP contribution < -0.4 is 19.7 Å². The number of hydrogen-bond acceptors (Lipinski definition) is 4. The monoisotopic (exact) mass is 511 g/mol. The van der Waals surface area contributed by atoms with Crippen molar-refractivity contribution < 1.29 is 18.3 Å². The molecule has 3 aromatic rings. The van der Waals surface area contributed by atoms with Crippen molar-refractivity contribution in [2.45, 2.75) is 12.7 Å². The summed E-state index contributed by atoms with van der Waals surface area (Å²) in [4.78, 5) is 0.978. The smallest absolute Gasteiger partial charge is 0.387 e. The normalized spacial score (nSPS) is 15.3. The van der Waals surface area contributed by atoms with Gasteiger partial charge in [-0.15, -0.1) is 11.3 Å². The number of thiocarbonyl (C=S) groups is 1. The van der Waals surface area contributed by atoms with Gasteiger partial charge in [-0.25, -0.2) is 4.48 Å². The van der Waals surface area contributed by atoms with Crippen LogP contribution in [-0.4, -0.2) is 25.8 Å². The lowest BCUT2D eigenvalue weighted by molar-refractivity contribution is -0.0496. The molecule has 2 N–H and O–H groups in total. The van der Waals surface area contributed by atoms with E-state index in [-0.39, 0.29) is 10.2 Å². The Balaban J connectivity index is 1.94. The summed E-state index contributed by atoms with van der Waals surface area (Å²) in [5, 5.41) is 0.309. The first-order valence-electron chi connectivity index (χ1n) is 8.97. The zero-order valence-electron chi connectivity index (χ0n) is 16.1. The molecule has 0 fully saturated rings. The number of ether oxygens (including phenoxy) is 2. The molecule has 0 saturated heterocycles. The molecule has 0 radical (unpaired) electrons.